The van der Waals surface area contributed by atoms with Gasteiger partial charge in [0.1, 0.15) is 0 Å². The summed E-state index contributed by atoms with van der Waals surface area (Å²) >= 11 is 3.20. The standard InChI is InChI=1S/C21H24N2O2S2/c1-14-4-6-15(7-5-14)22-8-10-23(11-9-22)19(25)18-12-16-17(24)13-21(2,3)27-20(16)26-18/h4-7,12H,8-11,13H2,1-3H3. The highest BCUT2D eigenvalue weighted by Gasteiger charge is 2.35. The Morgan fingerprint density at radius 2 is 1.74 bits per heavy atom. The minimum Gasteiger partial charge on any atom is -0.368 e. The van der Waals surface area contributed by atoms with Crippen LogP contribution >= 0.6 is 23.1 Å². The molecule has 4 nitrogen and oxygen atoms in total. The molecule has 142 valence electrons. The number of aryl methyl sites for hydroxylation is 1. The first-order chi connectivity index (χ1) is 12.8. The van der Waals surface area contributed by atoms with E-state index in [-0.39, 0.29) is 16.4 Å². The number of piperazine rings is 1. The van der Waals surface area contributed by atoms with Gasteiger partial charge in [0.05, 0.1) is 9.09 Å². The van der Waals surface area contributed by atoms with Crippen LogP contribution in [0.2, 0.25) is 0 Å². The molecule has 1 amide bonds. The summed E-state index contributed by atoms with van der Waals surface area (Å²) in [5.41, 5.74) is 3.21. The largest absolute Gasteiger partial charge is 0.368 e. The van der Waals surface area contributed by atoms with Gasteiger partial charge in [0, 0.05) is 48.6 Å². The number of thiophene rings is 1. The van der Waals surface area contributed by atoms with Gasteiger partial charge in [0.2, 0.25) is 0 Å². The highest BCUT2D eigenvalue weighted by atomic mass is 32.2. The monoisotopic (exact) mass is 400 g/mol. The topological polar surface area (TPSA) is 40.6 Å². The predicted molar refractivity (Wildman–Crippen MR) is 112 cm³/mol. The Bertz CT molecular complexity index is 878. The fourth-order valence-corrected chi connectivity index (χ4v) is 6.57. The molecule has 0 unspecified atom stereocenters. The van der Waals surface area contributed by atoms with E-state index in [0.717, 1.165) is 22.9 Å². The molecule has 0 N–H and O–H groups in total. The van der Waals surface area contributed by atoms with Crippen LogP contribution in [0.1, 0.15) is 45.9 Å². The quantitative estimate of drug-likeness (QED) is 0.745. The molecule has 1 aromatic carbocycles. The molecular formula is C21H24N2O2S2. The van der Waals surface area contributed by atoms with Crippen molar-refractivity contribution in [2.45, 2.75) is 36.1 Å². The third kappa shape index (κ3) is 3.78. The summed E-state index contributed by atoms with van der Waals surface area (Å²) in [6, 6.07) is 10.4. The number of fused-ring (bicyclic) bond motifs is 1. The number of rotatable bonds is 2. The van der Waals surface area contributed by atoms with Crippen molar-refractivity contribution in [3.63, 3.8) is 0 Å². The van der Waals surface area contributed by atoms with Crippen LogP contribution < -0.4 is 4.90 Å². The maximum Gasteiger partial charge on any atom is 0.264 e. The van der Waals surface area contributed by atoms with E-state index in [0.29, 0.717) is 24.4 Å². The fraction of sp³-hybridized carbons (Fsp3) is 0.429. The maximum atomic E-state index is 13.0. The van der Waals surface area contributed by atoms with Gasteiger partial charge in [-0.2, -0.15) is 0 Å². The minimum absolute atomic E-state index is 0.0594. The summed E-state index contributed by atoms with van der Waals surface area (Å²) in [4.78, 5) is 30.3. The second-order valence-electron chi connectivity index (χ2n) is 7.89. The molecule has 1 saturated heterocycles. The number of carbonyl (C=O) groups excluding carboxylic acids is 2. The van der Waals surface area contributed by atoms with Crippen molar-refractivity contribution in [3.8, 4) is 0 Å². The highest BCUT2D eigenvalue weighted by Crippen LogP contribution is 2.46. The number of carbonyl (C=O) groups is 2. The molecule has 1 fully saturated rings. The molecule has 3 heterocycles. The molecule has 1 aromatic heterocycles. The molecule has 0 spiro atoms. The van der Waals surface area contributed by atoms with E-state index in [4.69, 9.17) is 0 Å². The number of amides is 1. The van der Waals surface area contributed by atoms with E-state index < -0.39 is 0 Å². The molecule has 0 atom stereocenters. The molecule has 2 aliphatic heterocycles. The first-order valence-electron chi connectivity index (χ1n) is 9.29. The smallest absolute Gasteiger partial charge is 0.264 e. The van der Waals surface area contributed by atoms with Gasteiger partial charge in [-0.3, -0.25) is 9.59 Å². The second-order valence-corrected chi connectivity index (χ2v) is 10.9. The third-order valence-electron chi connectivity index (χ3n) is 5.13. The lowest BCUT2D eigenvalue weighted by Crippen LogP contribution is -2.48. The lowest BCUT2D eigenvalue weighted by atomic mass is 10.0. The van der Waals surface area contributed by atoms with Crippen molar-refractivity contribution in [2.24, 2.45) is 0 Å². The summed E-state index contributed by atoms with van der Waals surface area (Å²) in [6.45, 7) is 9.35. The second kappa shape index (κ2) is 6.99. The predicted octanol–water partition coefficient (Wildman–Crippen LogP) is 4.48. The summed E-state index contributed by atoms with van der Waals surface area (Å²) in [6.07, 6.45) is 0.532. The average molecular weight is 401 g/mol. The van der Waals surface area contributed by atoms with Gasteiger partial charge in [-0.15, -0.1) is 23.1 Å². The molecule has 6 heteroatoms. The van der Waals surface area contributed by atoms with E-state index >= 15 is 0 Å². The van der Waals surface area contributed by atoms with Crippen molar-refractivity contribution in [1.29, 1.82) is 0 Å². The summed E-state index contributed by atoms with van der Waals surface area (Å²) in [5, 5.41) is 0. The molecule has 4 rings (SSSR count). The van der Waals surface area contributed by atoms with Crippen molar-refractivity contribution in [2.75, 3.05) is 31.1 Å². The molecular weight excluding hydrogens is 376 g/mol. The Kier molecular flexibility index (Phi) is 4.80. The van der Waals surface area contributed by atoms with Crippen LogP contribution in [0, 0.1) is 6.92 Å². The third-order valence-corrected chi connectivity index (χ3v) is 7.65. The fourth-order valence-electron chi connectivity index (χ4n) is 3.60. The van der Waals surface area contributed by atoms with Crippen LogP contribution in [0.3, 0.4) is 0 Å². The van der Waals surface area contributed by atoms with E-state index in [2.05, 4.69) is 49.9 Å². The van der Waals surface area contributed by atoms with E-state index in [1.165, 1.54) is 22.6 Å². The lowest BCUT2D eigenvalue weighted by molar-refractivity contribution is 0.0751. The maximum absolute atomic E-state index is 13.0. The first kappa shape index (κ1) is 18.6. The van der Waals surface area contributed by atoms with Crippen molar-refractivity contribution in [3.05, 3.63) is 46.3 Å². The zero-order valence-electron chi connectivity index (χ0n) is 15.9. The molecule has 0 radical (unpaired) electrons. The number of Topliss-reactive ketones (excluding diaryl/α,β-unsaturated/α-hetero) is 1. The Hall–Kier alpha value is -1.79. The highest BCUT2D eigenvalue weighted by molar-refractivity contribution is 8.02. The number of benzene rings is 1. The summed E-state index contributed by atoms with van der Waals surface area (Å²) in [5.74, 6) is 0.220. The van der Waals surface area contributed by atoms with Crippen LogP contribution in [-0.2, 0) is 0 Å². The van der Waals surface area contributed by atoms with Crippen molar-refractivity contribution >= 4 is 40.5 Å². The van der Waals surface area contributed by atoms with Crippen molar-refractivity contribution in [1.82, 2.24) is 4.90 Å². The van der Waals surface area contributed by atoms with Gasteiger partial charge in [-0.05, 0) is 39.0 Å². The number of nitrogens with zero attached hydrogens (tertiary/aromatic N) is 2. The van der Waals surface area contributed by atoms with Gasteiger partial charge in [-0.1, -0.05) is 17.7 Å². The Labute approximate surface area is 168 Å². The Morgan fingerprint density at radius 3 is 2.41 bits per heavy atom. The summed E-state index contributed by atoms with van der Waals surface area (Å²) < 4.78 is 0.910. The van der Waals surface area contributed by atoms with Gasteiger partial charge >= 0.3 is 0 Å². The molecule has 0 bridgehead atoms. The molecule has 2 aromatic rings. The Balaban J connectivity index is 1.44. The van der Waals surface area contributed by atoms with Crippen LogP contribution in [-0.4, -0.2) is 47.5 Å². The van der Waals surface area contributed by atoms with Gasteiger partial charge in [0.15, 0.2) is 5.78 Å². The first-order valence-corrected chi connectivity index (χ1v) is 10.9. The molecule has 27 heavy (non-hydrogen) atoms. The van der Waals surface area contributed by atoms with Gasteiger partial charge < -0.3 is 9.80 Å². The van der Waals surface area contributed by atoms with E-state index in [9.17, 15) is 9.59 Å². The number of thioether (sulfide) groups is 1. The van der Waals surface area contributed by atoms with Gasteiger partial charge in [-0.25, -0.2) is 0 Å². The number of anilines is 1. The average Bonchev–Trinajstić information content (AvgIpc) is 3.05. The SMILES string of the molecule is Cc1ccc(N2CCN(C(=O)c3cc4c(s3)SC(C)(C)CC4=O)CC2)cc1. The van der Waals surface area contributed by atoms with Crippen LogP contribution in [0.5, 0.6) is 0 Å². The van der Waals surface area contributed by atoms with E-state index in [1.54, 1.807) is 11.8 Å². The van der Waals surface area contributed by atoms with Crippen LogP contribution in [0.4, 0.5) is 5.69 Å². The zero-order chi connectivity index (χ0) is 19.2. The van der Waals surface area contributed by atoms with Crippen LogP contribution in [0.15, 0.2) is 34.5 Å². The Morgan fingerprint density at radius 1 is 1.07 bits per heavy atom. The number of hydrogen-bond acceptors (Lipinski definition) is 5. The van der Waals surface area contributed by atoms with Crippen molar-refractivity contribution < 1.29 is 9.59 Å². The summed E-state index contributed by atoms with van der Waals surface area (Å²) in [7, 11) is 0. The number of hydrogen-bond donors (Lipinski definition) is 0. The van der Waals surface area contributed by atoms with E-state index in [1.807, 2.05) is 11.0 Å². The zero-order valence-corrected chi connectivity index (χ0v) is 17.6. The van der Waals surface area contributed by atoms with Crippen LogP contribution in [0.25, 0.3) is 0 Å². The lowest BCUT2D eigenvalue weighted by Gasteiger charge is -2.36. The normalized spacial score (nSPS) is 19.1. The molecule has 0 saturated carbocycles. The minimum atomic E-state index is -0.0884. The molecule has 0 aliphatic carbocycles. The number of ketones is 1. The van der Waals surface area contributed by atoms with Gasteiger partial charge in [0.25, 0.3) is 5.91 Å². The molecule has 2 aliphatic rings.